The minimum absolute atomic E-state index is 0.938. The molecule has 1 N–H and O–H groups in total. The molecule has 66 valence electrons. The molecule has 0 fully saturated rings. The normalized spacial score (nSPS) is 26.7. The summed E-state index contributed by atoms with van der Waals surface area (Å²) in [5, 5.41) is 9.07. The zero-order valence-corrected chi connectivity index (χ0v) is 7.36. The number of carboxylic acid groups (broad SMARTS) is 1. The first-order valence-electron chi connectivity index (χ1n) is 5.93. The van der Waals surface area contributed by atoms with Gasteiger partial charge in [-0.2, -0.15) is 0 Å². The zero-order chi connectivity index (χ0) is 13.6. The van der Waals surface area contributed by atoms with Crippen LogP contribution in [0.3, 0.4) is 0 Å². The van der Waals surface area contributed by atoms with Crippen molar-refractivity contribution in [3.05, 3.63) is 0 Å². The van der Waals surface area contributed by atoms with Crippen LogP contribution >= 0.6 is 0 Å². The van der Waals surface area contributed by atoms with Crippen LogP contribution in [0, 0.1) is 10.8 Å². The van der Waals surface area contributed by atoms with E-state index in [0.29, 0.717) is 0 Å². The summed E-state index contributed by atoms with van der Waals surface area (Å²) in [6.07, 6.45) is -2.36. The van der Waals surface area contributed by atoms with Gasteiger partial charge in [0.05, 0.1) is 5.41 Å². The predicted molar refractivity (Wildman–Crippen MR) is 45.5 cm³/mol. The van der Waals surface area contributed by atoms with E-state index in [1.54, 1.807) is 0 Å². The van der Waals surface area contributed by atoms with Crippen molar-refractivity contribution in [1.29, 1.82) is 0 Å². The van der Waals surface area contributed by atoms with Gasteiger partial charge in [-0.15, -0.1) is 0 Å². The van der Waals surface area contributed by atoms with Crippen LogP contribution in [0.25, 0.3) is 0 Å². The van der Waals surface area contributed by atoms with Crippen LogP contribution in [-0.4, -0.2) is 11.1 Å². The first-order valence-corrected chi connectivity index (χ1v) is 3.43. The second-order valence-electron chi connectivity index (χ2n) is 3.81. The van der Waals surface area contributed by atoms with Gasteiger partial charge in [-0.1, -0.05) is 20.8 Å². The fourth-order valence-corrected chi connectivity index (χ4v) is 0.803. The van der Waals surface area contributed by atoms with E-state index < -0.39 is 30.0 Å². The first kappa shape index (κ1) is 4.48. The highest BCUT2D eigenvalue weighted by atomic mass is 16.4. The van der Waals surface area contributed by atoms with Gasteiger partial charge in [-0.3, -0.25) is 4.79 Å². The molecule has 2 nitrogen and oxygen atoms in total. The summed E-state index contributed by atoms with van der Waals surface area (Å²) in [7, 11) is 0. The van der Waals surface area contributed by atoms with Crippen molar-refractivity contribution in [3.63, 3.8) is 0 Å². The zero-order valence-electron chi connectivity index (χ0n) is 12.4. The molecular weight excluding hydrogens is 140 g/mol. The minimum atomic E-state index is -2.91. The van der Waals surface area contributed by atoms with E-state index in [4.69, 9.17) is 12.0 Å². The van der Waals surface area contributed by atoms with E-state index in [1.807, 2.05) is 0 Å². The van der Waals surface area contributed by atoms with Gasteiger partial charge in [0.2, 0.25) is 0 Å². The monoisotopic (exact) mass is 163 g/mol. The second kappa shape index (κ2) is 2.84. The Kier molecular flexibility index (Phi) is 1.16. The third kappa shape index (κ3) is 4.02. The van der Waals surface area contributed by atoms with Gasteiger partial charge in [0, 0.05) is 6.85 Å². The maximum atomic E-state index is 11.2. The molecule has 0 radical (unpaired) electrons. The van der Waals surface area contributed by atoms with Gasteiger partial charge in [0.25, 0.3) is 0 Å². The molecule has 1 atom stereocenters. The van der Waals surface area contributed by atoms with Crippen LogP contribution < -0.4 is 0 Å². The third-order valence-corrected chi connectivity index (χ3v) is 1.05. The van der Waals surface area contributed by atoms with Crippen LogP contribution in [0.2, 0.25) is 0 Å². The summed E-state index contributed by atoms with van der Waals surface area (Å²) in [4.78, 5) is 11.2. The van der Waals surface area contributed by atoms with E-state index in [0.717, 1.165) is 6.92 Å². The van der Waals surface area contributed by atoms with Crippen LogP contribution in [0.1, 0.15) is 47.8 Å². The second-order valence-corrected chi connectivity index (χ2v) is 3.81. The summed E-state index contributed by atoms with van der Waals surface area (Å²) in [5.74, 6) is -1.65. The fraction of sp³-hybridized carbons (Fsp3) is 0.889. The molecule has 0 aliphatic heterocycles. The first-order chi connectivity index (χ1) is 6.69. The minimum Gasteiger partial charge on any atom is -0.481 e. The van der Waals surface area contributed by atoms with Crippen molar-refractivity contribution in [3.8, 4) is 0 Å². The molecule has 0 spiro atoms. The number of aliphatic carboxylic acids is 1. The Balaban J connectivity index is 5.85. The Labute approximate surface area is 75.6 Å². The summed E-state index contributed by atoms with van der Waals surface area (Å²) in [6, 6.07) is 0. The highest BCUT2D eigenvalue weighted by Crippen LogP contribution is 2.32. The van der Waals surface area contributed by atoms with Crippen LogP contribution in [-0.2, 0) is 4.79 Å². The van der Waals surface area contributed by atoms with Crippen LogP contribution in [0.4, 0.5) is 0 Å². The lowest BCUT2D eigenvalue weighted by Crippen LogP contribution is -2.28. The molecule has 0 bridgehead atoms. The number of carboxylic acids is 1. The Hall–Kier alpha value is -0.530. The van der Waals surface area contributed by atoms with Gasteiger partial charge in [-0.05, 0) is 25.6 Å². The smallest absolute Gasteiger partial charge is 0.309 e. The van der Waals surface area contributed by atoms with Crippen molar-refractivity contribution in [2.45, 2.75) is 40.9 Å². The topological polar surface area (TPSA) is 37.3 Å². The third-order valence-electron chi connectivity index (χ3n) is 1.05. The predicted octanol–water partition coefficient (Wildman–Crippen LogP) is 2.53. The molecule has 0 rings (SSSR count). The lowest BCUT2D eigenvalue weighted by atomic mass is 9.76. The van der Waals surface area contributed by atoms with E-state index in [2.05, 4.69) is 0 Å². The van der Waals surface area contributed by atoms with Crippen molar-refractivity contribution in [1.82, 2.24) is 0 Å². The maximum Gasteiger partial charge on any atom is 0.309 e. The molecular formula is C9H18O2. The standard InChI is InChI=1S/C9H18O2/c1-8(2,3)6-9(4,5)7(10)11/h6H2,1-5H3,(H,10,11)/i4D3,6D2. The van der Waals surface area contributed by atoms with Gasteiger partial charge in [-0.25, -0.2) is 0 Å². The average Bonchev–Trinajstić information content (AvgIpc) is 1.97. The number of carbonyl (C=O) groups is 1. The molecule has 11 heavy (non-hydrogen) atoms. The molecule has 0 saturated carbocycles. The molecule has 2 heteroatoms. The summed E-state index contributed by atoms with van der Waals surface area (Å²) in [5.41, 5.74) is -3.52. The number of hydrogen-bond donors (Lipinski definition) is 1. The van der Waals surface area contributed by atoms with Gasteiger partial charge in [0.1, 0.15) is 0 Å². The van der Waals surface area contributed by atoms with Crippen LogP contribution in [0.15, 0.2) is 0 Å². The Morgan fingerprint density at radius 2 is 2.00 bits per heavy atom. The van der Waals surface area contributed by atoms with E-state index in [-0.39, 0.29) is 0 Å². The van der Waals surface area contributed by atoms with Crippen molar-refractivity contribution in [2.75, 3.05) is 0 Å². The summed E-state index contributed by atoms with van der Waals surface area (Å²) in [6.45, 7) is 2.49. The van der Waals surface area contributed by atoms with E-state index in [1.165, 1.54) is 20.8 Å². The summed E-state index contributed by atoms with van der Waals surface area (Å²) >= 11 is 0. The van der Waals surface area contributed by atoms with Gasteiger partial charge in [0.15, 0.2) is 0 Å². The molecule has 0 aromatic rings. The average molecular weight is 163 g/mol. The van der Waals surface area contributed by atoms with Crippen molar-refractivity contribution >= 4 is 5.97 Å². The largest absolute Gasteiger partial charge is 0.481 e. The lowest BCUT2D eigenvalue weighted by molar-refractivity contribution is -0.148. The molecule has 0 aromatic heterocycles. The molecule has 0 heterocycles. The molecule has 0 aliphatic carbocycles. The highest BCUT2D eigenvalue weighted by molar-refractivity contribution is 5.73. The highest BCUT2D eigenvalue weighted by Gasteiger charge is 2.31. The Bertz CT molecular complexity index is 289. The van der Waals surface area contributed by atoms with Gasteiger partial charge < -0.3 is 5.11 Å². The van der Waals surface area contributed by atoms with E-state index >= 15 is 0 Å². The lowest BCUT2D eigenvalue weighted by Gasteiger charge is -2.28. The van der Waals surface area contributed by atoms with Crippen molar-refractivity contribution < 1.29 is 16.8 Å². The molecule has 1 unspecified atom stereocenters. The SMILES string of the molecule is [2H]C([2H])([2H])C(C)(C(=O)O)C([2H])([2H])C(C)(C)C. The molecule has 0 aliphatic rings. The Morgan fingerprint density at radius 3 is 2.09 bits per heavy atom. The fourth-order valence-electron chi connectivity index (χ4n) is 0.803. The Morgan fingerprint density at radius 1 is 1.55 bits per heavy atom. The molecule has 0 aromatic carbocycles. The number of hydrogen-bond acceptors (Lipinski definition) is 1. The van der Waals surface area contributed by atoms with Crippen LogP contribution in [0.5, 0.6) is 0 Å². The maximum absolute atomic E-state index is 11.2. The molecule has 0 amide bonds. The number of rotatable bonds is 2. The molecule has 0 saturated heterocycles. The quantitative estimate of drug-likeness (QED) is 0.679. The van der Waals surface area contributed by atoms with Gasteiger partial charge >= 0.3 is 5.97 Å². The van der Waals surface area contributed by atoms with Crippen molar-refractivity contribution in [2.24, 2.45) is 10.8 Å². The summed E-state index contributed by atoms with van der Waals surface area (Å²) < 4.78 is 37.5. The van der Waals surface area contributed by atoms with E-state index in [9.17, 15) is 4.79 Å².